The van der Waals surface area contributed by atoms with Crippen LogP contribution >= 0.6 is 11.3 Å². The first kappa shape index (κ1) is 11.2. The summed E-state index contributed by atoms with van der Waals surface area (Å²) in [6, 6.07) is 2.15. The Labute approximate surface area is 96.1 Å². The average Bonchev–Trinajstić information content (AvgIpc) is 2.49. The molecule has 1 N–H and O–H groups in total. The van der Waals surface area contributed by atoms with Crippen molar-refractivity contribution in [2.24, 2.45) is 11.8 Å². The van der Waals surface area contributed by atoms with Gasteiger partial charge in [-0.1, -0.05) is 13.8 Å². The van der Waals surface area contributed by atoms with Gasteiger partial charge in [-0.05, 0) is 55.0 Å². The van der Waals surface area contributed by atoms with E-state index in [4.69, 9.17) is 0 Å². The molecule has 2 atom stereocenters. The standard InChI is InChI=1S/C13H20OS/c1-9-4-10(2)7-13(14,6-9)12-5-11(3)15-8-12/h5,8-10,14H,4,6-7H2,1-3H3. The van der Waals surface area contributed by atoms with E-state index in [0.717, 1.165) is 18.4 Å². The fourth-order valence-electron chi connectivity index (χ4n) is 3.01. The molecule has 1 aromatic heterocycles. The maximum atomic E-state index is 10.7. The van der Waals surface area contributed by atoms with Crippen molar-refractivity contribution in [2.45, 2.75) is 45.6 Å². The third kappa shape index (κ3) is 2.26. The summed E-state index contributed by atoms with van der Waals surface area (Å²) in [5.41, 5.74) is 0.588. The Hall–Kier alpha value is -0.340. The summed E-state index contributed by atoms with van der Waals surface area (Å²) in [5, 5.41) is 12.8. The molecule has 1 aliphatic carbocycles. The topological polar surface area (TPSA) is 20.2 Å². The zero-order valence-electron chi connectivity index (χ0n) is 9.79. The normalized spacial score (nSPS) is 36.8. The molecule has 2 rings (SSSR count). The lowest BCUT2D eigenvalue weighted by atomic mass is 9.71. The van der Waals surface area contributed by atoms with Gasteiger partial charge in [-0.15, -0.1) is 11.3 Å². The molecule has 0 amide bonds. The summed E-state index contributed by atoms with van der Waals surface area (Å²) in [4.78, 5) is 1.30. The lowest BCUT2D eigenvalue weighted by Gasteiger charge is -2.38. The maximum Gasteiger partial charge on any atom is 0.0909 e. The molecule has 1 nitrogen and oxygen atoms in total. The van der Waals surface area contributed by atoms with Crippen LogP contribution in [0.5, 0.6) is 0 Å². The van der Waals surface area contributed by atoms with E-state index in [-0.39, 0.29) is 0 Å². The van der Waals surface area contributed by atoms with E-state index in [1.165, 1.54) is 11.3 Å². The van der Waals surface area contributed by atoms with Gasteiger partial charge in [-0.2, -0.15) is 0 Å². The fraction of sp³-hybridized carbons (Fsp3) is 0.692. The van der Waals surface area contributed by atoms with E-state index in [1.807, 2.05) is 0 Å². The summed E-state index contributed by atoms with van der Waals surface area (Å²) in [6.07, 6.45) is 3.10. The van der Waals surface area contributed by atoms with Crippen LogP contribution in [0, 0.1) is 18.8 Å². The van der Waals surface area contributed by atoms with Gasteiger partial charge in [0.05, 0.1) is 5.60 Å². The molecule has 0 saturated heterocycles. The molecule has 84 valence electrons. The number of aryl methyl sites for hydroxylation is 1. The third-order valence-electron chi connectivity index (χ3n) is 3.44. The second-order valence-electron chi connectivity index (χ2n) is 5.33. The molecule has 2 heteroatoms. The summed E-state index contributed by atoms with van der Waals surface area (Å²) in [5.74, 6) is 1.28. The van der Waals surface area contributed by atoms with Gasteiger partial charge in [0, 0.05) is 4.88 Å². The maximum absolute atomic E-state index is 10.7. The van der Waals surface area contributed by atoms with Crippen LogP contribution in [0.15, 0.2) is 11.4 Å². The van der Waals surface area contributed by atoms with Crippen molar-refractivity contribution >= 4 is 11.3 Å². The van der Waals surface area contributed by atoms with Crippen molar-refractivity contribution in [3.8, 4) is 0 Å². The molecule has 1 heterocycles. The number of hydrogen-bond acceptors (Lipinski definition) is 2. The van der Waals surface area contributed by atoms with Crippen LogP contribution in [0.1, 0.15) is 43.6 Å². The lowest BCUT2D eigenvalue weighted by molar-refractivity contribution is -0.0359. The zero-order valence-corrected chi connectivity index (χ0v) is 10.6. The smallest absolute Gasteiger partial charge is 0.0909 e. The molecule has 0 aromatic carbocycles. The molecule has 1 aromatic rings. The number of hydrogen-bond donors (Lipinski definition) is 1. The van der Waals surface area contributed by atoms with Crippen LogP contribution in [0.2, 0.25) is 0 Å². The van der Waals surface area contributed by atoms with Crippen molar-refractivity contribution < 1.29 is 5.11 Å². The van der Waals surface area contributed by atoms with Crippen molar-refractivity contribution in [3.05, 3.63) is 21.9 Å². The monoisotopic (exact) mass is 224 g/mol. The number of rotatable bonds is 1. The fourth-order valence-corrected chi connectivity index (χ4v) is 3.81. The Morgan fingerprint density at radius 3 is 2.40 bits per heavy atom. The molecule has 1 saturated carbocycles. The van der Waals surface area contributed by atoms with Crippen LogP contribution in [0.25, 0.3) is 0 Å². The van der Waals surface area contributed by atoms with Crippen molar-refractivity contribution in [1.82, 2.24) is 0 Å². The van der Waals surface area contributed by atoms with Crippen LogP contribution in [0.4, 0.5) is 0 Å². The van der Waals surface area contributed by atoms with Gasteiger partial charge < -0.3 is 5.11 Å². The number of thiophene rings is 1. The molecule has 0 bridgehead atoms. The molecule has 15 heavy (non-hydrogen) atoms. The van der Waals surface area contributed by atoms with E-state index < -0.39 is 5.60 Å². The highest BCUT2D eigenvalue weighted by Gasteiger charge is 2.37. The van der Waals surface area contributed by atoms with E-state index >= 15 is 0 Å². The lowest BCUT2D eigenvalue weighted by Crippen LogP contribution is -2.35. The van der Waals surface area contributed by atoms with Crippen LogP contribution in [-0.2, 0) is 5.60 Å². The van der Waals surface area contributed by atoms with Gasteiger partial charge in [0.1, 0.15) is 0 Å². The van der Waals surface area contributed by atoms with Crippen molar-refractivity contribution in [3.63, 3.8) is 0 Å². The van der Waals surface area contributed by atoms with Gasteiger partial charge in [-0.3, -0.25) is 0 Å². The Morgan fingerprint density at radius 1 is 1.33 bits per heavy atom. The predicted octanol–water partition coefficient (Wildman–Crippen LogP) is 3.70. The van der Waals surface area contributed by atoms with Gasteiger partial charge in [0.15, 0.2) is 0 Å². The summed E-state index contributed by atoms with van der Waals surface area (Å²) in [7, 11) is 0. The Morgan fingerprint density at radius 2 is 1.93 bits per heavy atom. The van der Waals surface area contributed by atoms with Crippen LogP contribution in [-0.4, -0.2) is 5.11 Å². The van der Waals surface area contributed by atoms with Crippen molar-refractivity contribution in [2.75, 3.05) is 0 Å². The molecule has 2 unspecified atom stereocenters. The first-order valence-corrected chi connectivity index (χ1v) is 6.65. The van der Waals surface area contributed by atoms with Gasteiger partial charge in [-0.25, -0.2) is 0 Å². The van der Waals surface area contributed by atoms with Gasteiger partial charge in [0.2, 0.25) is 0 Å². The summed E-state index contributed by atoms with van der Waals surface area (Å²) < 4.78 is 0. The molecule has 1 fully saturated rings. The van der Waals surface area contributed by atoms with Crippen LogP contribution in [0.3, 0.4) is 0 Å². The minimum Gasteiger partial charge on any atom is -0.385 e. The van der Waals surface area contributed by atoms with Gasteiger partial charge in [0.25, 0.3) is 0 Å². The second-order valence-corrected chi connectivity index (χ2v) is 6.45. The van der Waals surface area contributed by atoms with Crippen molar-refractivity contribution in [1.29, 1.82) is 0 Å². The Kier molecular flexibility index (Phi) is 2.91. The summed E-state index contributed by atoms with van der Waals surface area (Å²) >= 11 is 1.74. The Balaban J connectivity index is 2.25. The van der Waals surface area contributed by atoms with Gasteiger partial charge >= 0.3 is 0 Å². The molecular formula is C13H20OS. The second kappa shape index (κ2) is 3.91. The van der Waals surface area contributed by atoms with E-state index in [0.29, 0.717) is 11.8 Å². The van der Waals surface area contributed by atoms with E-state index in [2.05, 4.69) is 32.2 Å². The molecule has 0 spiro atoms. The molecule has 0 radical (unpaired) electrons. The molecule has 1 aliphatic rings. The Bertz CT molecular complexity index is 332. The predicted molar refractivity (Wildman–Crippen MR) is 65.1 cm³/mol. The highest BCUT2D eigenvalue weighted by Crippen LogP contribution is 2.43. The summed E-state index contributed by atoms with van der Waals surface area (Å²) in [6.45, 7) is 6.60. The molecule has 0 aliphatic heterocycles. The minimum atomic E-state index is -0.554. The zero-order chi connectivity index (χ0) is 11.1. The SMILES string of the molecule is Cc1cc(C2(O)CC(C)CC(C)C2)cs1. The third-order valence-corrected chi connectivity index (χ3v) is 4.31. The van der Waals surface area contributed by atoms with E-state index in [1.54, 1.807) is 11.3 Å². The first-order chi connectivity index (χ1) is 6.99. The average molecular weight is 224 g/mol. The quantitative estimate of drug-likeness (QED) is 0.771. The molecular weight excluding hydrogens is 204 g/mol. The number of aliphatic hydroxyl groups is 1. The minimum absolute atomic E-state index is 0.554. The van der Waals surface area contributed by atoms with Crippen LogP contribution < -0.4 is 0 Å². The largest absolute Gasteiger partial charge is 0.385 e. The first-order valence-electron chi connectivity index (χ1n) is 5.77. The van der Waals surface area contributed by atoms with E-state index in [9.17, 15) is 5.11 Å². The highest BCUT2D eigenvalue weighted by molar-refractivity contribution is 7.10. The highest BCUT2D eigenvalue weighted by atomic mass is 32.1.